The maximum absolute atomic E-state index is 13.5. The fourth-order valence-corrected chi connectivity index (χ4v) is 1.69. The number of nitro groups is 1. The third-order valence-electron chi connectivity index (χ3n) is 2.71. The zero-order chi connectivity index (χ0) is 15.4. The first-order valence-corrected chi connectivity index (χ1v) is 6.20. The third-order valence-corrected chi connectivity index (χ3v) is 2.71. The molecule has 110 valence electrons. The van der Waals surface area contributed by atoms with Crippen molar-refractivity contribution in [3.05, 3.63) is 46.0 Å². The molecule has 0 bridgehead atoms. The second-order valence-corrected chi connectivity index (χ2v) is 4.16. The van der Waals surface area contributed by atoms with Crippen molar-refractivity contribution < 1.29 is 14.1 Å². The van der Waals surface area contributed by atoms with E-state index in [9.17, 15) is 14.5 Å². The molecule has 0 aliphatic rings. The van der Waals surface area contributed by atoms with E-state index in [4.69, 9.17) is 4.74 Å². The Morgan fingerprint density at radius 1 is 1.43 bits per heavy atom. The van der Waals surface area contributed by atoms with Crippen LogP contribution in [-0.4, -0.2) is 21.4 Å². The van der Waals surface area contributed by atoms with Crippen LogP contribution in [0.3, 0.4) is 0 Å². The monoisotopic (exact) mass is 292 g/mol. The molecule has 0 aliphatic carbocycles. The maximum atomic E-state index is 13.5. The highest BCUT2D eigenvalue weighted by Gasteiger charge is 2.16. The van der Waals surface area contributed by atoms with Crippen molar-refractivity contribution in [3.63, 3.8) is 0 Å². The van der Waals surface area contributed by atoms with E-state index < -0.39 is 16.4 Å². The number of aromatic nitrogens is 2. The van der Waals surface area contributed by atoms with Gasteiger partial charge in [-0.05, 0) is 19.9 Å². The van der Waals surface area contributed by atoms with Gasteiger partial charge in [0.05, 0.1) is 10.5 Å². The van der Waals surface area contributed by atoms with Crippen molar-refractivity contribution >= 4 is 11.5 Å². The Hall–Kier alpha value is -2.77. The van der Waals surface area contributed by atoms with Crippen LogP contribution in [0.1, 0.15) is 12.5 Å². The lowest BCUT2D eigenvalue weighted by Gasteiger charge is -2.11. The summed E-state index contributed by atoms with van der Waals surface area (Å²) in [7, 11) is 0. The number of ether oxygens (including phenoxy) is 1. The summed E-state index contributed by atoms with van der Waals surface area (Å²) in [5.74, 6) is 0.0394. The Balaban J connectivity index is 2.28. The van der Waals surface area contributed by atoms with Crippen LogP contribution in [0.2, 0.25) is 0 Å². The van der Waals surface area contributed by atoms with Crippen LogP contribution >= 0.6 is 0 Å². The summed E-state index contributed by atoms with van der Waals surface area (Å²) < 4.78 is 19.0. The molecule has 8 heteroatoms. The molecular formula is C13H13FN4O3. The third kappa shape index (κ3) is 3.22. The first kappa shape index (κ1) is 14.6. The molecule has 0 amide bonds. The molecule has 0 fully saturated rings. The topological polar surface area (TPSA) is 90.2 Å². The molecule has 0 unspecified atom stereocenters. The van der Waals surface area contributed by atoms with E-state index >= 15 is 0 Å². The Bertz CT molecular complexity index is 678. The quantitative estimate of drug-likeness (QED) is 0.672. The first-order chi connectivity index (χ1) is 10.0. The minimum absolute atomic E-state index is 0.127. The molecule has 21 heavy (non-hydrogen) atoms. The van der Waals surface area contributed by atoms with Crippen LogP contribution in [-0.2, 0) is 0 Å². The van der Waals surface area contributed by atoms with Crippen molar-refractivity contribution in [2.24, 2.45) is 0 Å². The average molecular weight is 292 g/mol. The average Bonchev–Trinajstić information content (AvgIpc) is 2.43. The van der Waals surface area contributed by atoms with Gasteiger partial charge < -0.3 is 10.1 Å². The van der Waals surface area contributed by atoms with Gasteiger partial charge in [-0.25, -0.2) is 9.97 Å². The van der Waals surface area contributed by atoms with Gasteiger partial charge in [0.1, 0.15) is 17.9 Å². The Morgan fingerprint density at radius 3 is 2.81 bits per heavy atom. The van der Waals surface area contributed by atoms with Crippen molar-refractivity contribution in [1.82, 2.24) is 9.97 Å². The van der Waals surface area contributed by atoms with Crippen LogP contribution in [0.5, 0.6) is 11.6 Å². The molecule has 0 spiro atoms. The predicted molar refractivity (Wildman–Crippen MR) is 74.1 cm³/mol. The minimum Gasteiger partial charge on any atom is -0.438 e. The van der Waals surface area contributed by atoms with E-state index in [0.717, 1.165) is 12.1 Å². The number of anilines is 1. The van der Waals surface area contributed by atoms with E-state index in [1.54, 1.807) is 6.92 Å². The van der Waals surface area contributed by atoms with E-state index in [1.807, 2.05) is 6.92 Å². The predicted octanol–water partition coefficient (Wildman–Crippen LogP) is 3.06. The van der Waals surface area contributed by atoms with Gasteiger partial charge in [-0.3, -0.25) is 10.1 Å². The van der Waals surface area contributed by atoms with Crippen molar-refractivity contribution in [3.8, 4) is 11.6 Å². The summed E-state index contributed by atoms with van der Waals surface area (Å²) in [6.45, 7) is 4.37. The molecule has 0 radical (unpaired) electrons. The number of nitrogens with one attached hydrogen (secondary N) is 1. The number of hydrogen-bond acceptors (Lipinski definition) is 6. The molecule has 1 aromatic carbocycles. The Labute approximate surface area is 120 Å². The van der Waals surface area contributed by atoms with Gasteiger partial charge in [0, 0.05) is 18.7 Å². The number of hydrogen-bond donors (Lipinski definition) is 1. The summed E-state index contributed by atoms with van der Waals surface area (Å²) >= 11 is 0. The lowest BCUT2D eigenvalue weighted by Crippen LogP contribution is -2.04. The van der Waals surface area contributed by atoms with Gasteiger partial charge in [-0.2, -0.15) is 4.39 Å². The van der Waals surface area contributed by atoms with Gasteiger partial charge in [-0.1, -0.05) is 0 Å². The fraction of sp³-hybridized carbons (Fsp3) is 0.231. The van der Waals surface area contributed by atoms with Crippen LogP contribution in [0, 0.1) is 22.9 Å². The SMILES string of the molecule is CCNc1ncnc(Oc2ccc([N+](=O)[O-])c(F)c2)c1C. The normalized spacial score (nSPS) is 10.2. The van der Waals surface area contributed by atoms with Gasteiger partial charge >= 0.3 is 5.69 Å². The van der Waals surface area contributed by atoms with E-state index in [-0.39, 0.29) is 11.6 Å². The summed E-state index contributed by atoms with van der Waals surface area (Å²) in [5.41, 5.74) is 0.0632. The zero-order valence-corrected chi connectivity index (χ0v) is 11.5. The molecule has 0 saturated heterocycles. The molecule has 0 saturated carbocycles. The van der Waals surface area contributed by atoms with Gasteiger partial charge in [0.25, 0.3) is 0 Å². The van der Waals surface area contributed by atoms with Gasteiger partial charge in [-0.15, -0.1) is 0 Å². The number of nitro benzene ring substituents is 1. The summed E-state index contributed by atoms with van der Waals surface area (Å²) in [4.78, 5) is 17.8. The molecule has 1 aromatic heterocycles. The van der Waals surface area contributed by atoms with Gasteiger partial charge in [0.15, 0.2) is 0 Å². The summed E-state index contributed by atoms with van der Waals surface area (Å²) in [6.07, 6.45) is 1.32. The molecule has 0 atom stereocenters. The van der Waals surface area contributed by atoms with E-state index in [0.29, 0.717) is 17.9 Å². The molecule has 7 nitrogen and oxygen atoms in total. The highest BCUT2D eigenvalue weighted by molar-refractivity contribution is 5.49. The lowest BCUT2D eigenvalue weighted by molar-refractivity contribution is -0.387. The molecule has 2 aromatic rings. The number of nitrogens with zero attached hydrogens (tertiary/aromatic N) is 3. The minimum atomic E-state index is -0.962. The van der Waals surface area contributed by atoms with Crippen LogP contribution in [0.25, 0.3) is 0 Å². The lowest BCUT2D eigenvalue weighted by atomic mass is 10.3. The second-order valence-electron chi connectivity index (χ2n) is 4.16. The Kier molecular flexibility index (Phi) is 4.27. The zero-order valence-electron chi connectivity index (χ0n) is 11.5. The smallest absolute Gasteiger partial charge is 0.305 e. The van der Waals surface area contributed by atoms with Gasteiger partial charge in [0.2, 0.25) is 11.7 Å². The molecule has 1 N–H and O–H groups in total. The van der Waals surface area contributed by atoms with Crippen LogP contribution < -0.4 is 10.1 Å². The number of rotatable bonds is 5. The van der Waals surface area contributed by atoms with Crippen molar-refractivity contribution in [2.75, 3.05) is 11.9 Å². The molecular weight excluding hydrogens is 279 g/mol. The standard InChI is InChI=1S/C13H13FN4O3/c1-3-15-12-8(2)13(17-7-16-12)21-9-4-5-11(18(19)20)10(14)6-9/h4-7H,3H2,1-2H3,(H,15,16,17). The van der Waals surface area contributed by atoms with Crippen LogP contribution in [0.4, 0.5) is 15.9 Å². The maximum Gasteiger partial charge on any atom is 0.305 e. The van der Waals surface area contributed by atoms with Crippen molar-refractivity contribution in [1.29, 1.82) is 0 Å². The first-order valence-electron chi connectivity index (χ1n) is 6.20. The Morgan fingerprint density at radius 2 is 2.19 bits per heavy atom. The molecule has 0 aliphatic heterocycles. The molecule has 2 rings (SSSR count). The van der Waals surface area contributed by atoms with Crippen molar-refractivity contribution in [2.45, 2.75) is 13.8 Å². The number of halogens is 1. The highest BCUT2D eigenvalue weighted by atomic mass is 19.1. The fourth-order valence-electron chi connectivity index (χ4n) is 1.69. The van der Waals surface area contributed by atoms with E-state index in [2.05, 4.69) is 15.3 Å². The summed E-state index contributed by atoms with van der Waals surface area (Å²) in [6, 6.07) is 3.31. The summed E-state index contributed by atoms with van der Waals surface area (Å²) in [5, 5.41) is 13.6. The largest absolute Gasteiger partial charge is 0.438 e. The number of benzene rings is 1. The van der Waals surface area contributed by atoms with E-state index in [1.165, 1.54) is 12.4 Å². The second kappa shape index (κ2) is 6.12. The molecule has 1 heterocycles. The highest BCUT2D eigenvalue weighted by Crippen LogP contribution is 2.28. The van der Waals surface area contributed by atoms with Crippen LogP contribution in [0.15, 0.2) is 24.5 Å².